The van der Waals surface area contributed by atoms with Crippen LogP contribution in [0.5, 0.6) is 5.75 Å². The summed E-state index contributed by atoms with van der Waals surface area (Å²) < 4.78 is 34.4. The molecule has 0 radical (unpaired) electrons. The van der Waals surface area contributed by atoms with E-state index in [1.54, 1.807) is 6.07 Å². The second kappa shape index (κ2) is 7.37. The van der Waals surface area contributed by atoms with Gasteiger partial charge >= 0.3 is 5.69 Å². The zero-order valence-corrected chi connectivity index (χ0v) is 15.7. The van der Waals surface area contributed by atoms with E-state index in [4.69, 9.17) is 4.74 Å². The van der Waals surface area contributed by atoms with Crippen LogP contribution in [0.2, 0.25) is 0 Å². The maximum atomic E-state index is 12.4. The Kier molecular flexibility index (Phi) is 5.15. The standard InChI is InChI=1S/C18H19N3O5S/c1-20-12-16(17(22)21(2)18(20)23)27(24,25)19-9-10-26-15-8-7-13-5-3-4-6-14(13)11-15/h3-8,11-12,19H,9-10H2,1-2H3. The molecule has 1 aromatic heterocycles. The highest BCUT2D eigenvalue weighted by Gasteiger charge is 2.20. The van der Waals surface area contributed by atoms with E-state index >= 15 is 0 Å². The Labute approximate surface area is 155 Å². The Hall–Kier alpha value is -2.91. The van der Waals surface area contributed by atoms with Crippen molar-refractivity contribution in [1.82, 2.24) is 13.9 Å². The number of ether oxygens (including phenoxy) is 1. The molecule has 0 saturated heterocycles. The number of aryl methyl sites for hydroxylation is 1. The van der Waals surface area contributed by atoms with Crippen molar-refractivity contribution in [1.29, 1.82) is 0 Å². The summed E-state index contributed by atoms with van der Waals surface area (Å²) in [6, 6.07) is 13.4. The van der Waals surface area contributed by atoms with Crippen LogP contribution in [-0.4, -0.2) is 30.7 Å². The first-order valence-corrected chi connectivity index (χ1v) is 9.66. The van der Waals surface area contributed by atoms with Crippen molar-refractivity contribution >= 4 is 20.8 Å². The summed E-state index contributed by atoms with van der Waals surface area (Å²) in [5, 5.41) is 2.10. The monoisotopic (exact) mass is 389 g/mol. The van der Waals surface area contributed by atoms with Crippen LogP contribution in [0.4, 0.5) is 0 Å². The van der Waals surface area contributed by atoms with Gasteiger partial charge in [0.15, 0.2) is 4.90 Å². The molecule has 9 heteroatoms. The average Bonchev–Trinajstić information content (AvgIpc) is 2.66. The van der Waals surface area contributed by atoms with Gasteiger partial charge in [-0.3, -0.25) is 9.36 Å². The summed E-state index contributed by atoms with van der Waals surface area (Å²) in [5.41, 5.74) is -1.47. The molecule has 0 unspecified atom stereocenters. The van der Waals surface area contributed by atoms with Gasteiger partial charge in [-0.2, -0.15) is 0 Å². The van der Waals surface area contributed by atoms with E-state index < -0.39 is 26.2 Å². The van der Waals surface area contributed by atoms with Gasteiger partial charge in [0.2, 0.25) is 10.0 Å². The van der Waals surface area contributed by atoms with Crippen LogP contribution >= 0.6 is 0 Å². The lowest BCUT2D eigenvalue weighted by atomic mass is 10.1. The molecule has 0 spiro atoms. The Bertz CT molecular complexity index is 1210. The van der Waals surface area contributed by atoms with Crippen LogP contribution < -0.4 is 20.7 Å². The minimum atomic E-state index is -4.06. The van der Waals surface area contributed by atoms with Crippen molar-refractivity contribution in [2.75, 3.05) is 13.2 Å². The van der Waals surface area contributed by atoms with Gasteiger partial charge in [0.1, 0.15) is 12.4 Å². The molecule has 1 heterocycles. The summed E-state index contributed by atoms with van der Waals surface area (Å²) in [6.07, 6.45) is 1.01. The topological polar surface area (TPSA) is 99.4 Å². The van der Waals surface area contributed by atoms with Crippen LogP contribution in [0.15, 0.2) is 63.1 Å². The molecule has 2 aromatic carbocycles. The summed E-state index contributed by atoms with van der Waals surface area (Å²) in [4.78, 5) is 23.2. The highest BCUT2D eigenvalue weighted by Crippen LogP contribution is 2.20. The first kappa shape index (κ1) is 18.9. The first-order valence-electron chi connectivity index (χ1n) is 8.17. The summed E-state index contributed by atoms with van der Waals surface area (Å²) in [5.74, 6) is 0.617. The molecule has 0 aliphatic rings. The number of fused-ring (bicyclic) bond motifs is 1. The van der Waals surface area contributed by atoms with Crippen LogP contribution in [0.25, 0.3) is 10.8 Å². The van der Waals surface area contributed by atoms with Gasteiger partial charge in [0.25, 0.3) is 5.56 Å². The van der Waals surface area contributed by atoms with Gasteiger partial charge in [-0.05, 0) is 22.9 Å². The predicted molar refractivity (Wildman–Crippen MR) is 102 cm³/mol. The van der Waals surface area contributed by atoms with E-state index in [-0.39, 0.29) is 13.2 Å². The molecule has 142 valence electrons. The van der Waals surface area contributed by atoms with Crippen molar-refractivity contribution in [2.45, 2.75) is 4.90 Å². The molecule has 0 atom stereocenters. The Morgan fingerprint density at radius 3 is 2.48 bits per heavy atom. The van der Waals surface area contributed by atoms with Gasteiger partial charge in [-0.1, -0.05) is 30.3 Å². The zero-order chi connectivity index (χ0) is 19.6. The molecule has 8 nitrogen and oxygen atoms in total. The van der Waals surface area contributed by atoms with Gasteiger partial charge in [0, 0.05) is 26.8 Å². The quantitative estimate of drug-likeness (QED) is 0.622. The summed E-state index contributed by atoms with van der Waals surface area (Å²) in [6.45, 7) is 0.0603. The lowest BCUT2D eigenvalue weighted by Gasteiger charge is -2.10. The van der Waals surface area contributed by atoms with E-state index in [0.717, 1.165) is 26.1 Å². The third kappa shape index (κ3) is 3.93. The third-order valence-corrected chi connectivity index (χ3v) is 5.53. The number of nitrogens with zero attached hydrogens (tertiary/aromatic N) is 2. The number of sulfonamides is 1. The Morgan fingerprint density at radius 1 is 1.04 bits per heavy atom. The second-order valence-corrected chi connectivity index (χ2v) is 7.74. The number of aromatic nitrogens is 2. The molecule has 3 rings (SSSR count). The fraction of sp³-hybridized carbons (Fsp3) is 0.222. The first-order chi connectivity index (χ1) is 12.8. The maximum Gasteiger partial charge on any atom is 0.330 e. The zero-order valence-electron chi connectivity index (χ0n) is 14.9. The number of hydrogen-bond acceptors (Lipinski definition) is 5. The lowest BCUT2D eigenvalue weighted by Crippen LogP contribution is -2.42. The Balaban J connectivity index is 1.67. The normalized spacial score (nSPS) is 11.6. The molecular formula is C18H19N3O5S. The van der Waals surface area contributed by atoms with E-state index in [2.05, 4.69) is 4.72 Å². The lowest BCUT2D eigenvalue weighted by molar-refractivity contribution is 0.323. The fourth-order valence-corrected chi connectivity index (χ4v) is 3.81. The van der Waals surface area contributed by atoms with Gasteiger partial charge in [-0.25, -0.2) is 17.9 Å². The van der Waals surface area contributed by atoms with Crippen molar-refractivity contribution in [2.24, 2.45) is 14.1 Å². The molecule has 0 saturated carbocycles. The van der Waals surface area contributed by atoms with Crippen molar-refractivity contribution in [3.05, 3.63) is 69.5 Å². The van der Waals surface area contributed by atoms with E-state index in [1.807, 2.05) is 36.4 Å². The van der Waals surface area contributed by atoms with E-state index in [1.165, 1.54) is 14.1 Å². The third-order valence-electron chi connectivity index (χ3n) is 4.09. The van der Waals surface area contributed by atoms with Gasteiger partial charge in [0.05, 0.1) is 0 Å². The average molecular weight is 389 g/mol. The molecule has 1 N–H and O–H groups in total. The fourth-order valence-electron chi connectivity index (χ4n) is 2.64. The van der Waals surface area contributed by atoms with Gasteiger partial charge in [-0.15, -0.1) is 0 Å². The van der Waals surface area contributed by atoms with Crippen molar-refractivity contribution in [3.8, 4) is 5.75 Å². The van der Waals surface area contributed by atoms with Crippen LogP contribution in [0.1, 0.15) is 0 Å². The number of rotatable bonds is 6. The van der Waals surface area contributed by atoms with E-state index in [0.29, 0.717) is 5.75 Å². The Morgan fingerprint density at radius 2 is 1.74 bits per heavy atom. The molecule has 27 heavy (non-hydrogen) atoms. The number of hydrogen-bond donors (Lipinski definition) is 1. The molecule has 0 aliphatic carbocycles. The number of nitrogens with one attached hydrogen (secondary N) is 1. The number of benzene rings is 2. The van der Waals surface area contributed by atoms with Crippen LogP contribution in [0.3, 0.4) is 0 Å². The van der Waals surface area contributed by atoms with Gasteiger partial charge < -0.3 is 9.30 Å². The van der Waals surface area contributed by atoms with Crippen LogP contribution in [0, 0.1) is 0 Å². The van der Waals surface area contributed by atoms with Crippen LogP contribution in [-0.2, 0) is 24.1 Å². The molecule has 3 aromatic rings. The SMILES string of the molecule is Cn1cc(S(=O)(=O)NCCOc2ccc3ccccc3c2)c(=O)n(C)c1=O. The smallest absolute Gasteiger partial charge is 0.330 e. The maximum absolute atomic E-state index is 12.4. The van der Waals surface area contributed by atoms with E-state index in [9.17, 15) is 18.0 Å². The molecule has 0 amide bonds. The summed E-state index contributed by atoms with van der Waals surface area (Å²) in [7, 11) is -1.46. The van der Waals surface area contributed by atoms with Crippen molar-refractivity contribution < 1.29 is 13.2 Å². The highest BCUT2D eigenvalue weighted by molar-refractivity contribution is 7.89. The largest absolute Gasteiger partial charge is 0.492 e. The minimum absolute atomic E-state index is 0.0266. The molecule has 0 fully saturated rings. The minimum Gasteiger partial charge on any atom is -0.492 e. The molecular weight excluding hydrogens is 370 g/mol. The highest BCUT2D eigenvalue weighted by atomic mass is 32.2. The molecule has 0 bridgehead atoms. The van der Waals surface area contributed by atoms with Crippen molar-refractivity contribution in [3.63, 3.8) is 0 Å². The predicted octanol–water partition coefficient (Wildman–Crippen LogP) is 0.594. The second-order valence-electron chi connectivity index (χ2n) is 6.01. The summed E-state index contributed by atoms with van der Waals surface area (Å²) >= 11 is 0. The molecule has 0 aliphatic heterocycles.